The van der Waals surface area contributed by atoms with Crippen LogP contribution in [0.4, 0.5) is 4.79 Å². The Balaban J connectivity index is 0. The van der Waals surface area contributed by atoms with Crippen molar-refractivity contribution in [2.24, 2.45) is 5.73 Å². The predicted octanol–water partition coefficient (Wildman–Crippen LogP) is 0.266. The smallest absolute Gasteiger partial charge is 0.404 e. The van der Waals surface area contributed by atoms with E-state index < -0.39 is 6.09 Å². The van der Waals surface area contributed by atoms with Gasteiger partial charge in [-0.25, -0.2) is 4.79 Å². The highest BCUT2D eigenvalue weighted by Gasteiger charge is 1.84. The zero-order valence-corrected chi connectivity index (χ0v) is 6.04. The molecule has 0 spiro atoms. The first kappa shape index (κ1) is 11.7. The maximum atomic E-state index is 9.71. The fraction of sp³-hybridized carbons (Fsp3) is 0.500. The molecule has 0 unspecified atom stereocenters. The number of carbonyl (C=O) groups excluding carboxylic acids is 1. The van der Waals surface area contributed by atoms with Gasteiger partial charge in [0.05, 0.1) is 0 Å². The van der Waals surface area contributed by atoms with Gasteiger partial charge in [-0.3, -0.25) is 0 Å². The second-order valence-electron chi connectivity index (χ2n) is 1.23. The molecular weight excluding hydrogens is 134 g/mol. The highest BCUT2D eigenvalue weighted by atomic mass is 16.5. The molecule has 0 radical (unpaired) electrons. The summed E-state index contributed by atoms with van der Waals surface area (Å²) in [5.41, 5.74) is 4.57. The van der Waals surface area contributed by atoms with Gasteiger partial charge in [-0.1, -0.05) is 12.7 Å². The number of aliphatic hydroxyl groups excluding tert-OH is 1. The summed E-state index contributed by atoms with van der Waals surface area (Å²) in [5, 5.41) is 7.57. The molecule has 0 aromatic carbocycles. The summed E-state index contributed by atoms with van der Waals surface area (Å²) in [5.74, 6) is 0. The Morgan fingerprint density at radius 1 is 1.90 bits per heavy atom. The lowest BCUT2D eigenvalue weighted by atomic mass is 10.7. The van der Waals surface area contributed by atoms with Crippen molar-refractivity contribution in [1.82, 2.24) is 0 Å². The van der Waals surface area contributed by atoms with E-state index in [1.54, 1.807) is 6.92 Å². The van der Waals surface area contributed by atoms with Gasteiger partial charge in [0, 0.05) is 6.61 Å². The molecule has 0 fully saturated rings. The van der Waals surface area contributed by atoms with Crippen LogP contribution in [0.1, 0.15) is 6.92 Å². The number of primary amides is 1. The number of ether oxygens (including phenoxy) is 1. The standard InChI is InChI=1S/C4H7NO2.C2H6O/c1-2-3-7-4(5)6;1-2-3/h2H,1,3H2,(H2,5,6);3H,2H2,1H3. The Hall–Kier alpha value is -1.03. The number of amides is 1. The molecule has 60 valence electrons. The number of aliphatic hydroxyl groups is 1. The zero-order chi connectivity index (χ0) is 8.41. The van der Waals surface area contributed by atoms with Crippen LogP contribution < -0.4 is 5.73 Å². The highest BCUT2D eigenvalue weighted by Crippen LogP contribution is 1.70. The Morgan fingerprint density at radius 3 is 2.40 bits per heavy atom. The molecule has 0 bridgehead atoms. The molecule has 0 aliphatic rings. The normalized spacial score (nSPS) is 7.00. The molecule has 0 aromatic rings. The van der Waals surface area contributed by atoms with Crippen LogP contribution in [-0.2, 0) is 4.74 Å². The minimum atomic E-state index is -0.764. The Morgan fingerprint density at radius 2 is 2.30 bits per heavy atom. The number of rotatable bonds is 2. The average Bonchev–Trinajstić information content (AvgIpc) is 1.85. The highest BCUT2D eigenvalue weighted by molar-refractivity contribution is 5.64. The third-order valence-corrected chi connectivity index (χ3v) is 0.343. The molecule has 0 saturated carbocycles. The van der Waals surface area contributed by atoms with E-state index in [9.17, 15) is 4.79 Å². The summed E-state index contributed by atoms with van der Waals surface area (Å²) >= 11 is 0. The van der Waals surface area contributed by atoms with Crippen molar-refractivity contribution in [1.29, 1.82) is 0 Å². The van der Waals surface area contributed by atoms with Crippen molar-refractivity contribution in [2.75, 3.05) is 13.2 Å². The van der Waals surface area contributed by atoms with E-state index in [4.69, 9.17) is 5.11 Å². The fourth-order valence-corrected chi connectivity index (χ4v) is 0.141. The number of hydrogen-bond donors (Lipinski definition) is 2. The quantitative estimate of drug-likeness (QED) is 0.550. The van der Waals surface area contributed by atoms with Crippen molar-refractivity contribution < 1.29 is 14.6 Å². The van der Waals surface area contributed by atoms with Crippen LogP contribution in [0.5, 0.6) is 0 Å². The van der Waals surface area contributed by atoms with Crippen molar-refractivity contribution in [2.45, 2.75) is 6.92 Å². The van der Waals surface area contributed by atoms with Crippen molar-refractivity contribution in [3.63, 3.8) is 0 Å². The van der Waals surface area contributed by atoms with Gasteiger partial charge >= 0.3 is 6.09 Å². The molecule has 0 atom stereocenters. The van der Waals surface area contributed by atoms with Crippen molar-refractivity contribution >= 4 is 6.09 Å². The van der Waals surface area contributed by atoms with E-state index in [0.717, 1.165) is 0 Å². The Bertz CT molecular complexity index is 93.0. The maximum absolute atomic E-state index is 9.71. The van der Waals surface area contributed by atoms with Gasteiger partial charge in [-0.2, -0.15) is 0 Å². The second kappa shape index (κ2) is 10.9. The van der Waals surface area contributed by atoms with E-state index in [1.807, 2.05) is 0 Å². The predicted molar refractivity (Wildman–Crippen MR) is 38.5 cm³/mol. The van der Waals surface area contributed by atoms with Gasteiger partial charge in [-0.15, -0.1) is 0 Å². The number of nitrogens with two attached hydrogens (primary N) is 1. The van der Waals surface area contributed by atoms with Crippen LogP contribution >= 0.6 is 0 Å². The summed E-state index contributed by atoms with van der Waals surface area (Å²) in [6.07, 6.45) is 0.685. The molecule has 0 rings (SSSR count). The first-order valence-electron chi connectivity index (χ1n) is 2.83. The van der Waals surface area contributed by atoms with Crippen LogP contribution in [0, 0.1) is 0 Å². The third-order valence-electron chi connectivity index (χ3n) is 0.343. The largest absolute Gasteiger partial charge is 0.445 e. The van der Waals surface area contributed by atoms with Crippen LogP contribution in [0.15, 0.2) is 12.7 Å². The van der Waals surface area contributed by atoms with Crippen LogP contribution in [0.2, 0.25) is 0 Å². The van der Waals surface area contributed by atoms with Crippen LogP contribution in [0.25, 0.3) is 0 Å². The molecular formula is C6H13NO3. The second-order valence-corrected chi connectivity index (χ2v) is 1.23. The lowest BCUT2D eigenvalue weighted by Crippen LogP contribution is -2.12. The zero-order valence-electron chi connectivity index (χ0n) is 6.04. The first-order chi connectivity index (χ1) is 4.68. The summed E-state index contributed by atoms with van der Waals surface area (Å²) in [4.78, 5) is 9.71. The first-order valence-corrected chi connectivity index (χ1v) is 2.83. The van der Waals surface area contributed by atoms with Gasteiger partial charge < -0.3 is 15.6 Å². The van der Waals surface area contributed by atoms with E-state index in [0.29, 0.717) is 0 Å². The van der Waals surface area contributed by atoms with Gasteiger partial charge in [0.1, 0.15) is 6.61 Å². The van der Waals surface area contributed by atoms with E-state index in [-0.39, 0.29) is 13.2 Å². The minimum Gasteiger partial charge on any atom is -0.445 e. The lowest BCUT2D eigenvalue weighted by molar-refractivity contribution is 0.169. The molecule has 0 aliphatic heterocycles. The van der Waals surface area contributed by atoms with Crippen LogP contribution in [-0.4, -0.2) is 24.4 Å². The van der Waals surface area contributed by atoms with Crippen LogP contribution in [0.3, 0.4) is 0 Å². The lowest BCUT2D eigenvalue weighted by Gasteiger charge is -1.90. The molecule has 0 saturated heterocycles. The molecule has 0 heterocycles. The minimum absolute atomic E-state index is 0.190. The Labute approximate surface area is 60.3 Å². The Kier molecular flexibility index (Phi) is 12.7. The van der Waals surface area contributed by atoms with Gasteiger partial charge in [0.2, 0.25) is 0 Å². The average molecular weight is 147 g/mol. The fourth-order valence-electron chi connectivity index (χ4n) is 0.141. The number of hydrogen-bond acceptors (Lipinski definition) is 3. The topological polar surface area (TPSA) is 72.5 Å². The van der Waals surface area contributed by atoms with Gasteiger partial charge in [-0.05, 0) is 6.92 Å². The molecule has 3 N–H and O–H groups in total. The maximum Gasteiger partial charge on any atom is 0.404 e. The molecule has 4 heteroatoms. The van der Waals surface area contributed by atoms with Gasteiger partial charge in [0.25, 0.3) is 0 Å². The van der Waals surface area contributed by atoms with Crippen molar-refractivity contribution in [3.8, 4) is 0 Å². The summed E-state index contributed by atoms with van der Waals surface area (Å²) in [6.45, 7) is 5.42. The molecule has 0 aromatic heterocycles. The van der Waals surface area contributed by atoms with E-state index in [1.165, 1.54) is 6.08 Å². The SMILES string of the molecule is C=CCOC(N)=O.CCO. The summed E-state index contributed by atoms with van der Waals surface area (Å²) in [6, 6.07) is 0. The third kappa shape index (κ3) is 28.2. The monoisotopic (exact) mass is 147 g/mol. The van der Waals surface area contributed by atoms with E-state index >= 15 is 0 Å². The van der Waals surface area contributed by atoms with Crippen molar-refractivity contribution in [3.05, 3.63) is 12.7 Å². The molecule has 4 nitrogen and oxygen atoms in total. The number of carbonyl (C=O) groups is 1. The summed E-state index contributed by atoms with van der Waals surface area (Å²) in [7, 11) is 0. The summed E-state index contributed by atoms with van der Waals surface area (Å²) < 4.78 is 4.21. The molecule has 0 aliphatic carbocycles. The van der Waals surface area contributed by atoms with E-state index in [2.05, 4.69) is 17.0 Å². The van der Waals surface area contributed by atoms with Gasteiger partial charge in [0.15, 0.2) is 0 Å². The molecule has 10 heavy (non-hydrogen) atoms. The molecule has 1 amide bonds.